The molecule has 0 saturated heterocycles. The molecule has 0 aliphatic rings. The quantitative estimate of drug-likeness (QED) is 0.780. The van der Waals surface area contributed by atoms with Crippen molar-refractivity contribution in [3.8, 4) is 11.5 Å². The van der Waals surface area contributed by atoms with Gasteiger partial charge in [-0.05, 0) is 30.3 Å². The van der Waals surface area contributed by atoms with Crippen LogP contribution in [0, 0.1) is 0 Å². The second-order valence-corrected chi connectivity index (χ2v) is 5.04. The number of aromatic nitrogens is 1. The lowest BCUT2D eigenvalue weighted by Crippen LogP contribution is -2.29. The van der Waals surface area contributed by atoms with Crippen LogP contribution >= 0.6 is 0 Å². The van der Waals surface area contributed by atoms with E-state index in [1.165, 1.54) is 30.2 Å². The van der Waals surface area contributed by atoms with Crippen molar-refractivity contribution in [2.75, 3.05) is 20.7 Å². The topological polar surface area (TPSA) is 51.7 Å². The Morgan fingerprint density at radius 3 is 2.67 bits per heavy atom. The minimum absolute atomic E-state index is 0.0827. The minimum Gasteiger partial charge on any atom is -0.493 e. The number of halogens is 2. The van der Waals surface area contributed by atoms with Crippen LogP contribution in [0.2, 0.25) is 0 Å². The van der Waals surface area contributed by atoms with E-state index in [1.54, 1.807) is 13.2 Å². The van der Waals surface area contributed by atoms with Crippen LogP contribution in [0.4, 0.5) is 8.78 Å². The number of benzene rings is 1. The summed E-state index contributed by atoms with van der Waals surface area (Å²) in [5.74, 6) is -0.271. The number of methoxy groups -OCH3 is 1. The van der Waals surface area contributed by atoms with Crippen LogP contribution < -0.4 is 9.47 Å². The molecule has 5 nitrogen and oxygen atoms in total. The lowest BCUT2D eigenvalue weighted by molar-refractivity contribution is -0.0512. The van der Waals surface area contributed by atoms with Gasteiger partial charge in [-0.15, -0.1) is 0 Å². The number of pyridine rings is 1. The van der Waals surface area contributed by atoms with Gasteiger partial charge in [0, 0.05) is 37.5 Å². The summed E-state index contributed by atoms with van der Waals surface area (Å²) < 4.78 is 34.0. The molecular weight excluding hydrogens is 318 g/mol. The number of ether oxygens (including phenoxy) is 2. The first kappa shape index (κ1) is 17.7. The van der Waals surface area contributed by atoms with Gasteiger partial charge in [-0.2, -0.15) is 8.78 Å². The summed E-state index contributed by atoms with van der Waals surface area (Å²) in [7, 11) is 2.99. The smallest absolute Gasteiger partial charge is 0.387 e. The summed E-state index contributed by atoms with van der Waals surface area (Å²) in [6.45, 7) is -2.48. The Hall–Kier alpha value is -2.70. The van der Waals surface area contributed by atoms with E-state index in [-0.39, 0.29) is 17.4 Å². The molecule has 1 aromatic carbocycles. The van der Waals surface area contributed by atoms with E-state index in [2.05, 4.69) is 9.72 Å². The summed E-state index contributed by atoms with van der Waals surface area (Å²) in [4.78, 5) is 18.2. The van der Waals surface area contributed by atoms with Gasteiger partial charge in [-0.1, -0.05) is 6.07 Å². The van der Waals surface area contributed by atoms with Gasteiger partial charge in [0.2, 0.25) is 0 Å². The second-order valence-electron chi connectivity index (χ2n) is 5.04. The zero-order valence-electron chi connectivity index (χ0n) is 13.4. The molecule has 0 unspecified atom stereocenters. The van der Waals surface area contributed by atoms with Gasteiger partial charge < -0.3 is 14.4 Å². The Balaban J connectivity index is 2.05. The Morgan fingerprint density at radius 1 is 1.25 bits per heavy atom. The van der Waals surface area contributed by atoms with E-state index >= 15 is 0 Å². The maximum absolute atomic E-state index is 12.4. The van der Waals surface area contributed by atoms with Crippen LogP contribution in [-0.4, -0.2) is 43.1 Å². The molecule has 0 radical (unpaired) electrons. The van der Waals surface area contributed by atoms with E-state index in [4.69, 9.17) is 4.74 Å². The summed E-state index contributed by atoms with van der Waals surface area (Å²) in [5, 5.41) is 0. The van der Waals surface area contributed by atoms with E-state index in [1.807, 2.05) is 18.2 Å². The van der Waals surface area contributed by atoms with Crippen molar-refractivity contribution in [2.24, 2.45) is 0 Å². The van der Waals surface area contributed by atoms with Gasteiger partial charge in [0.15, 0.2) is 11.5 Å². The highest BCUT2D eigenvalue weighted by Crippen LogP contribution is 2.29. The number of hydrogen-bond acceptors (Lipinski definition) is 4. The average molecular weight is 336 g/mol. The summed E-state index contributed by atoms with van der Waals surface area (Å²) >= 11 is 0. The van der Waals surface area contributed by atoms with Crippen molar-refractivity contribution in [1.82, 2.24) is 9.88 Å². The standard InChI is InChI=1S/C17H18F2N2O3/c1-21(10-8-13-5-3-4-9-20-13)16(22)12-6-7-14(24-17(18)19)15(11-12)23-2/h3-7,9,11,17H,8,10H2,1-2H3. The molecule has 128 valence electrons. The van der Waals surface area contributed by atoms with Crippen LogP contribution in [0.1, 0.15) is 16.1 Å². The van der Waals surface area contributed by atoms with Crippen LogP contribution in [0.5, 0.6) is 11.5 Å². The predicted molar refractivity (Wildman–Crippen MR) is 84.5 cm³/mol. The lowest BCUT2D eigenvalue weighted by atomic mass is 10.1. The number of hydrogen-bond donors (Lipinski definition) is 0. The number of alkyl halides is 2. The number of likely N-dealkylation sites (N-methyl/N-ethyl adjacent to an activating group) is 1. The molecule has 24 heavy (non-hydrogen) atoms. The molecule has 0 spiro atoms. The molecule has 7 heteroatoms. The third kappa shape index (κ3) is 4.65. The van der Waals surface area contributed by atoms with Gasteiger partial charge in [0.05, 0.1) is 7.11 Å². The molecule has 0 fully saturated rings. The van der Waals surface area contributed by atoms with Crippen molar-refractivity contribution in [3.05, 3.63) is 53.9 Å². The van der Waals surface area contributed by atoms with Crippen molar-refractivity contribution < 1.29 is 23.0 Å². The molecule has 0 N–H and O–H groups in total. The zero-order chi connectivity index (χ0) is 17.5. The van der Waals surface area contributed by atoms with Gasteiger partial charge in [-0.3, -0.25) is 9.78 Å². The number of carbonyl (C=O) groups is 1. The molecular formula is C17H18F2N2O3. The molecule has 0 atom stereocenters. The average Bonchev–Trinajstić information content (AvgIpc) is 2.59. The Labute approximate surface area is 138 Å². The number of carbonyl (C=O) groups excluding carboxylic acids is 1. The van der Waals surface area contributed by atoms with E-state index in [0.29, 0.717) is 18.5 Å². The van der Waals surface area contributed by atoms with Crippen molar-refractivity contribution in [1.29, 1.82) is 0 Å². The fourth-order valence-electron chi connectivity index (χ4n) is 2.14. The van der Waals surface area contributed by atoms with E-state index in [9.17, 15) is 13.6 Å². The summed E-state index contributed by atoms with van der Waals surface area (Å²) in [6.07, 6.45) is 2.32. The maximum Gasteiger partial charge on any atom is 0.387 e. The molecule has 2 aromatic rings. The number of amides is 1. The molecule has 0 aliphatic carbocycles. The van der Waals surface area contributed by atoms with Crippen molar-refractivity contribution in [2.45, 2.75) is 13.0 Å². The third-order valence-corrected chi connectivity index (χ3v) is 3.40. The van der Waals surface area contributed by atoms with Gasteiger partial charge >= 0.3 is 6.61 Å². The highest BCUT2D eigenvalue weighted by Gasteiger charge is 2.16. The zero-order valence-corrected chi connectivity index (χ0v) is 13.4. The number of rotatable bonds is 7. The van der Waals surface area contributed by atoms with E-state index in [0.717, 1.165) is 5.69 Å². The molecule has 1 aromatic heterocycles. The molecule has 0 aliphatic heterocycles. The van der Waals surface area contributed by atoms with Gasteiger partial charge in [0.25, 0.3) is 5.91 Å². The van der Waals surface area contributed by atoms with Crippen LogP contribution in [0.25, 0.3) is 0 Å². The molecule has 1 heterocycles. The van der Waals surface area contributed by atoms with Crippen LogP contribution in [0.15, 0.2) is 42.6 Å². The first-order valence-electron chi connectivity index (χ1n) is 7.29. The van der Waals surface area contributed by atoms with Crippen LogP contribution in [0.3, 0.4) is 0 Å². The van der Waals surface area contributed by atoms with Crippen molar-refractivity contribution in [3.63, 3.8) is 0 Å². The highest BCUT2D eigenvalue weighted by atomic mass is 19.3. The van der Waals surface area contributed by atoms with Gasteiger partial charge in [-0.25, -0.2) is 0 Å². The fourth-order valence-corrected chi connectivity index (χ4v) is 2.14. The number of nitrogens with zero attached hydrogens (tertiary/aromatic N) is 2. The Kier molecular flexibility index (Phi) is 6.06. The van der Waals surface area contributed by atoms with Crippen molar-refractivity contribution >= 4 is 5.91 Å². The predicted octanol–water partition coefficient (Wildman–Crippen LogP) is 3.01. The SMILES string of the molecule is COc1cc(C(=O)N(C)CCc2ccccn2)ccc1OC(F)F. The minimum atomic E-state index is -2.96. The third-order valence-electron chi connectivity index (χ3n) is 3.40. The monoisotopic (exact) mass is 336 g/mol. The lowest BCUT2D eigenvalue weighted by Gasteiger charge is -2.18. The maximum atomic E-state index is 12.4. The largest absolute Gasteiger partial charge is 0.493 e. The first-order chi connectivity index (χ1) is 11.5. The molecule has 2 rings (SSSR count). The Morgan fingerprint density at radius 2 is 2.04 bits per heavy atom. The summed E-state index contributed by atoms with van der Waals surface area (Å²) in [5.41, 5.74) is 1.22. The molecule has 1 amide bonds. The fraction of sp³-hybridized carbons (Fsp3) is 0.294. The molecule has 0 bridgehead atoms. The second kappa shape index (κ2) is 8.24. The highest BCUT2D eigenvalue weighted by molar-refractivity contribution is 5.94. The normalized spacial score (nSPS) is 10.5. The first-order valence-corrected chi connectivity index (χ1v) is 7.29. The summed E-state index contributed by atoms with van der Waals surface area (Å²) in [6, 6.07) is 9.71. The van der Waals surface area contributed by atoms with Crippen LogP contribution in [-0.2, 0) is 6.42 Å². The Bertz CT molecular complexity index is 681. The van der Waals surface area contributed by atoms with Gasteiger partial charge in [0.1, 0.15) is 0 Å². The molecule has 0 saturated carbocycles. The van der Waals surface area contributed by atoms with E-state index < -0.39 is 6.61 Å².